The normalized spacial score (nSPS) is 15.7. The molecule has 0 radical (unpaired) electrons. The van der Waals surface area contributed by atoms with Crippen LogP contribution in [0.5, 0.6) is 5.75 Å². The first-order valence-electron chi connectivity index (χ1n) is 12.3. The Labute approximate surface area is 222 Å². The molecule has 1 heterocycles. The molecule has 5 rings (SSSR count). The number of rotatable bonds is 5. The fourth-order valence-corrected chi connectivity index (χ4v) is 6.26. The van der Waals surface area contributed by atoms with Gasteiger partial charge in [0, 0.05) is 21.7 Å². The van der Waals surface area contributed by atoms with Crippen molar-refractivity contribution in [1.82, 2.24) is 0 Å². The van der Waals surface area contributed by atoms with Crippen LogP contribution in [0, 0.1) is 22.7 Å². The third-order valence-corrected chi connectivity index (χ3v) is 8.55. The van der Waals surface area contributed by atoms with Crippen LogP contribution in [0.25, 0.3) is 10.8 Å². The fourth-order valence-electron chi connectivity index (χ4n) is 4.92. The van der Waals surface area contributed by atoms with Crippen LogP contribution >= 0.6 is 22.9 Å². The Hall–Kier alpha value is -3.13. The molecule has 1 atom stereocenters. The molecule has 0 amide bonds. The lowest BCUT2D eigenvalue weighted by atomic mass is 9.72. The second-order valence-electron chi connectivity index (χ2n) is 10.5. The van der Waals surface area contributed by atoms with Gasteiger partial charge in [0.25, 0.3) is 0 Å². The molecular formula is C31H29ClN2OS. The quantitative estimate of drug-likeness (QED) is 0.250. The molecule has 3 nitrogen and oxygen atoms in total. The Bertz CT molecular complexity index is 1470. The zero-order valence-electron chi connectivity index (χ0n) is 20.8. The summed E-state index contributed by atoms with van der Waals surface area (Å²) >= 11 is 7.71. The van der Waals surface area contributed by atoms with Crippen LogP contribution in [-0.2, 0) is 19.4 Å². The minimum atomic E-state index is 0.261. The zero-order valence-corrected chi connectivity index (χ0v) is 22.4. The molecule has 0 saturated carbocycles. The molecule has 3 aromatic carbocycles. The molecule has 0 saturated heterocycles. The molecule has 1 aliphatic rings. The number of benzene rings is 3. The van der Waals surface area contributed by atoms with Crippen LogP contribution in [0.3, 0.4) is 0 Å². The lowest BCUT2D eigenvalue weighted by molar-refractivity contribution is 0.218. The van der Waals surface area contributed by atoms with Crippen molar-refractivity contribution in [2.75, 3.05) is 0 Å². The van der Waals surface area contributed by atoms with E-state index in [9.17, 15) is 5.26 Å². The minimum Gasteiger partial charge on any atom is -0.488 e. The van der Waals surface area contributed by atoms with E-state index in [-0.39, 0.29) is 5.41 Å². The van der Waals surface area contributed by atoms with Crippen LogP contribution in [0.2, 0.25) is 5.02 Å². The van der Waals surface area contributed by atoms with Crippen molar-refractivity contribution in [1.29, 1.82) is 5.26 Å². The highest BCUT2D eigenvalue weighted by molar-refractivity contribution is 7.16. The smallest absolute Gasteiger partial charge is 0.134 e. The molecule has 36 heavy (non-hydrogen) atoms. The number of ether oxygens (including phenoxy) is 1. The van der Waals surface area contributed by atoms with Gasteiger partial charge in [-0.3, -0.25) is 0 Å². The van der Waals surface area contributed by atoms with Crippen molar-refractivity contribution < 1.29 is 4.74 Å². The number of nitrogens with zero attached hydrogens (tertiary/aromatic N) is 2. The first-order valence-corrected chi connectivity index (χ1v) is 13.5. The Morgan fingerprint density at radius 1 is 1.11 bits per heavy atom. The topological polar surface area (TPSA) is 45.4 Å². The van der Waals surface area contributed by atoms with E-state index in [1.807, 2.05) is 48.7 Å². The SMILES string of the molecule is CC(C)(C)[C@@H]1CCc2c(sc(N=Cc3c(OCc4ccc(Cl)cc4)ccc4ccccc34)c2C#N)C1. The zero-order chi connectivity index (χ0) is 25.3. The third kappa shape index (κ3) is 5.05. The summed E-state index contributed by atoms with van der Waals surface area (Å²) < 4.78 is 6.25. The summed E-state index contributed by atoms with van der Waals surface area (Å²) in [7, 11) is 0. The number of halogens is 1. The monoisotopic (exact) mass is 512 g/mol. The van der Waals surface area contributed by atoms with E-state index >= 15 is 0 Å². The van der Waals surface area contributed by atoms with Crippen molar-refractivity contribution in [3.8, 4) is 11.8 Å². The molecule has 0 bridgehead atoms. The minimum absolute atomic E-state index is 0.261. The third-order valence-electron chi connectivity index (χ3n) is 7.13. The van der Waals surface area contributed by atoms with Gasteiger partial charge in [-0.1, -0.05) is 74.8 Å². The van der Waals surface area contributed by atoms with Gasteiger partial charge in [-0.25, -0.2) is 4.99 Å². The predicted molar refractivity (Wildman–Crippen MR) is 151 cm³/mol. The molecule has 4 aromatic rings. The average molecular weight is 513 g/mol. The largest absolute Gasteiger partial charge is 0.488 e. The predicted octanol–water partition coefficient (Wildman–Crippen LogP) is 8.91. The van der Waals surface area contributed by atoms with Gasteiger partial charge in [-0.05, 0) is 70.7 Å². The molecule has 1 aromatic heterocycles. The number of thiophene rings is 1. The maximum atomic E-state index is 9.99. The Morgan fingerprint density at radius 2 is 1.89 bits per heavy atom. The van der Waals surface area contributed by atoms with E-state index in [4.69, 9.17) is 21.3 Å². The Kier molecular flexibility index (Phi) is 6.88. The van der Waals surface area contributed by atoms with Crippen LogP contribution in [-0.4, -0.2) is 6.21 Å². The Balaban J connectivity index is 1.49. The van der Waals surface area contributed by atoms with Gasteiger partial charge in [0.05, 0.1) is 5.56 Å². The summed E-state index contributed by atoms with van der Waals surface area (Å²) in [6, 6.07) is 22.4. The van der Waals surface area contributed by atoms with Crippen molar-refractivity contribution in [2.45, 2.75) is 46.6 Å². The van der Waals surface area contributed by atoms with E-state index in [2.05, 4.69) is 45.0 Å². The van der Waals surface area contributed by atoms with Crippen LogP contribution in [0.15, 0.2) is 65.7 Å². The van der Waals surface area contributed by atoms with E-state index in [0.29, 0.717) is 17.5 Å². The second kappa shape index (κ2) is 10.1. The summed E-state index contributed by atoms with van der Waals surface area (Å²) in [5, 5.41) is 13.7. The van der Waals surface area contributed by atoms with Gasteiger partial charge in [0.1, 0.15) is 23.4 Å². The molecule has 0 spiro atoms. The van der Waals surface area contributed by atoms with Crippen LogP contribution < -0.4 is 4.74 Å². The lowest BCUT2D eigenvalue weighted by Gasteiger charge is -2.33. The molecule has 0 fully saturated rings. The molecule has 0 aliphatic heterocycles. The highest BCUT2D eigenvalue weighted by Crippen LogP contribution is 2.45. The molecule has 182 valence electrons. The summed E-state index contributed by atoms with van der Waals surface area (Å²) in [6.45, 7) is 7.37. The van der Waals surface area contributed by atoms with Crippen molar-refractivity contribution in [3.63, 3.8) is 0 Å². The van der Waals surface area contributed by atoms with Crippen molar-refractivity contribution in [2.24, 2.45) is 16.3 Å². The van der Waals surface area contributed by atoms with Crippen LogP contribution in [0.4, 0.5) is 5.00 Å². The number of hydrogen-bond donors (Lipinski definition) is 0. The first-order chi connectivity index (χ1) is 17.3. The maximum absolute atomic E-state index is 9.99. The van der Waals surface area contributed by atoms with Crippen molar-refractivity contribution >= 4 is 44.9 Å². The van der Waals surface area contributed by atoms with E-state index in [1.165, 1.54) is 10.4 Å². The van der Waals surface area contributed by atoms with Gasteiger partial charge < -0.3 is 4.74 Å². The molecule has 0 unspecified atom stereocenters. The summed E-state index contributed by atoms with van der Waals surface area (Å²) in [5.41, 5.74) is 4.17. The summed E-state index contributed by atoms with van der Waals surface area (Å²) in [6.07, 6.45) is 4.98. The van der Waals surface area contributed by atoms with Gasteiger partial charge in [-0.2, -0.15) is 5.26 Å². The first kappa shape index (κ1) is 24.6. The van der Waals surface area contributed by atoms with E-state index < -0.39 is 0 Å². The highest BCUT2D eigenvalue weighted by atomic mass is 35.5. The van der Waals surface area contributed by atoms with Crippen molar-refractivity contribution in [3.05, 3.63) is 92.8 Å². The number of nitriles is 1. The second-order valence-corrected chi connectivity index (χ2v) is 12.0. The van der Waals surface area contributed by atoms with Gasteiger partial charge in [-0.15, -0.1) is 11.3 Å². The standard InChI is InChI=1S/C31H29ClN2OS/c1-31(2,3)22-11-14-25-26(17-33)30(36-29(25)16-22)34-18-27-24-7-5-4-6-21(24)10-15-28(27)35-19-20-8-12-23(32)13-9-20/h4-10,12-13,15,18,22H,11,14,16,19H2,1-3H3/t22-/m1/s1. The summed E-state index contributed by atoms with van der Waals surface area (Å²) in [5.74, 6) is 1.39. The van der Waals surface area contributed by atoms with Gasteiger partial charge in [0.15, 0.2) is 0 Å². The number of hydrogen-bond acceptors (Lipinski definition) is 4. The van der Waals surface area contributed by atoms with E-state index in [0.717, 1.165) is 57.5 Å². The molecule has 0 N–H and O–H groups in total. The van der Waals surface area contributed by atoms with E-state index in [1.54, 1.807) is 11.3 Å². The number of aliphatic imine (C=N–C) groups is 1. The van der Waals surface area contributed by atoms with Crippen LogP contribution in [0.1, 0.15) is 54.3 Å². The van der Waals surface area contributed by atoms with Gasteiger partial charge >= 0.3 is 0 Å². The Morgan fingerprint density at radius 3 is 2.64 bits per heavy atom. The number of fused-ring (bicyclic) bond motifs is 2. The maximum Gasteiger partial charge on any atom is 0.134 e. The molecule has 5 heteroatoms. The molecule has 1 aliphatic carbocycles. The molecular weight excluding hydrogens is 484 g/mol. The fraction of sp³-hybridized carbons (Fsp3) is 0.290. The highest BCUT2D eigenvalue weighted by Gasteiger charge is 2.32. The van der Waals surface area contributed by atoms with Gasteiger partial charge in [0.2, 0.25) is 0 Å². The lowest BCUT2D eigenvalue weighted by Crippen LogP contribution is -2.26. The average Bonchev–Trinajstić information content (AvgIpc) is 3.23. The summed E-state index contributed by atoms with van der Waals surface area (Å²) in [4.78, 5) is 6.21.